The van der Waals surface area contributed by atoms with E-state index in [0.29, 0.717) is 6.42 Å². The number of nitrogens with one attached hydrogen (secondary N) is 2. The zero-order chi connectivity index (χ0) is 22.4. The molecule has 0 radical (unpaired) electrons. The maximum atomic E-state index is 12.9. The highest BCUT2D eigenvalue weighted by molar-refractivity contribution is 7.90. The van der Waals surface area contributed by atoms with Gasteiger partial charge in [0.05, 0.1) is 9.79 Å². The Morgan fingerprint density at radius 1 is 0.733 bits per heavy atom. The Morgan fingerprint density at radius 3 is 1.60 bits per heavy atom. The molecule has 166 valence electrons. The summed E-state index contributed by atoms with van der Waals surface area (Å²) in [7, 11) is -7.53. The third-order valence-electron chi connectivity index (χ3n) is 5.03. The van der Waals surface area contributed by atoms with E-state index < -0.39 is 32.1 Å². The topological polar surface area (TPSA) is 92.3 Å². The van der Waals surface area contributed by atoms with Gasteiger partial charge in [-0.25, -0.2) is 26.3 Å². The van der Waals surface area contributed by atoms with Gasteiger partial charge in [0.25, 0.3) is 0 Å². The van der Waals surface area contributed by atoms with E-state index in [9.17, 15) is 16.8 Å². The Hall–Kier alpha value is -1.74. The zero-order valence-corrected chi connectivity index (χ0v) is 19.7. The van der Waals surface area contributed by atoms with Gasteiger partial charge in [-0.2, -0.15) is 0 Å². The molecule has 8 heteroatoms. The Balaban J connectivity index is 2.22. The summed E-state index contributed by atoms with van der Waals surface area (Å²) in [4.78, 5) is 0.329. The molecule has 0 saturated carbocycles. The second-order valence-corrected chi connectivity index (χ2v) is 11.2. The van der Waals surface area contributed by atoms with Crippen molar-refractivity contribution in [3.8, 4) is 0 Å². The van der Waals surface area contributed by atoms with Crippen molar-refractivity contribution in [2.45, 2.75) is 75.3 Å². The minimum atomic E-state index is -3.77. The minimum absolute atomic E-state index is 0.161. The van der Waals surface area contributed by atoms with Crippen LogP contribution in [0, 0.1) is 13.8 Å². The predicted molar refractivity (Wildman–Crippen MR) is 120 cm³/mol. The van der Waals surface area contributed by atoms with Gasteiger partial charge >= 0.3 is 0 Å². The molecule has 0 aliphatic carbocycles. The molecule has 0 saturated heterocycles. The first-order valence-electron chi connectivity index (χ1n) is 10.2. The average molecular weight is 453 g/mol. The number of hydrogen-bond acceptors (Lipinski definition) is 4. The molecule has 2 atom stereocenters. The van der Waals surface area contributed by atoms with Gasteiger partial charge in [-0.1, -0.05) is 61.6 Å². The lowest BCUT2D eigenvalue weighted by atomic mass is 10.0. The molecule has 0 aliphatic rings. The van der Waals surface area contributed by atoms with Crippen molar-refractivity contribution < 1.29 is 16.8 Å². The van der Waals surface area contributed by atoms with Crippen molar-refractivity contribution >= 4 is 20.0 Å². The van der Waals surface area contributed by atoms with E-state index in [2.05, 4.69) is 16.4 Å². The maximum absolute atomic E-state index is 12.9. The number of sulfonamides is 2. The van der Waals surface area contributed by atoms with E-state index in [1.165, 1.54) is 0 Å². The molecule has 1 unspecified atom stereocenters. The smallest absolute Gasteiger partial charge is 0.207 e. The molecule has 2 aromatic rings. The van der Waals surface area contributed by atoms with Crippen LogP contribution in [0.1, 0.15) is 50.7 Å². The van der Waals surface area contributed by atoms with Gasteiger partial charge < -0.3 is 0 Å². The first-order chi connectivity index (χ1) is 14.0. The van der Waals surface area contributed by atoms with Gasteiger partial charge in [-0.3, -0.25) is 0 Å². The normalized spacial score (nSPS) is 14.4. The van der Waals surface area contributed by atoms with Crippen LogP contribution in [0.3, 0.4) is 0 Å². The van der Waals surface area contributed by atoms with Crippen molar-refractivity contribution in [3.05, 3.63) is 59.7 Å². The quantitative estimate of drug-likeness (QED) is 0.506. The standard InChI is InChI=1S/C22H32N2O4S2/c1-5-6-7-8-22(24-30(27,28)21-15-11-18(3)12-16-21)19(4)23-29(25,26)20-13-9-17(2)10-14-20/h9-16,19,22-24H,5-8H2,1-4H3/t19?,22-/m1/s1. The summed E-state index contributed by atoms with van der Waals surface area (Å²) < 4.78 is 56.7. The largest absolute Gasteiger partial charge is 0.240 e. The fraction of sp³-hybridized carbons (Fsp3) is 0.455. The van der Waals surface area contributed by atoms with Crippen LogP contribution in [0.4, 0.5) is 0 Å². The molecular weight excluding hydrogens is 420 g/mol. The molecule has 0 aliphatic heterocycles. The van der Waals surface area contributed by atoms with E-state index in [0.717, 1.165) is 30.4 Å². The molecule has 2 N–H and O–H groups in total. The zero-order valence-electron chi connectivity index (χ0n) is 18.1. The Kier molecular flexibility index (Phi) is 8.61. The molecule has 0 fully saturated rings. The van der Waals surface area contributed by atoms with Crippen molar-refractivity contribution in [2.75, 3.05) is 0 Å². The van der Waals surface area contributed by atoms with Crippen molar-refractivity contribution in [2.24, 2.45) is 0 Å². The van der Waals surface area contributed by atoms with Gasteiger partial charge in [0.2, 0.25) is 20.0 Å². The molecule has 6 nitrogen and oxygen atoms in total. The maximum Gasteiger partial charge on any atom is 0.240 e. The summed E-state index contributed by atoms with van der Waals surface area (Å²) in [6.07, 6.45) is 3.27. The first kappa shape index (κ1) is 24.5. The highest BCUT2D eigenvalue weighted by atomic mass is 32.2. The van der Waals surface area contributed by atoms with Gasteiger partial charge in [0, 0.05) is 12.1 Å². The van der Waals surface area contributed by atoms with Gasteiger partial charge in [0.1, 0.15) is 0 Å². The second-order valence-electron chi connectivity index (χ2n) is 7.76. The van der Waals surface area contributed by atoms with Crippen molar-refractivity contribution in [3.63, 3.8) is 0 Å². The number of hydrogen-bond donors (Lipinski definition) is 2. The summed E-state index contributed by atoms with van der Waals surface area (Å²) in [5, 5.41) is 0. The average Bonchev–Trinajstić information content (AvgIpc) is 2.67. The Morgan fingerprint density at radius 2 is 1.17 bits per heavy atom. The van der Waals surface area contributed by atoms with Crippen LogP contribution in [-0.2, 0) is 20.0 Å². The summed E-state index contributed by atoms with van der Waals surface area (Å²) in [6.45, 7) is 7.53. The molecule has 0 spiro atoms. The van der Waals surface area contributed by atoms with Crippen molar-refractivity contribution in [1.82, 2.24) is 9.44 Å². The van der Waals surface area contributed by atoms with Crippen molar-refractivity contribution in [1.29, 1.82) is 0 Å². The first-order valence-corrected chi connectivity index (χ1v) is 13.2. The van der Waals surface area contributed by atoms with Crippen LogP contribution >= 0.6 is 0 Å². The second kappa shape index (κ2) is 10.5. The van der Waals surface area contributed by atoms with E-state index in [1.54, 1.807) is 55.5 Å². The van der Waals surface area contributed by atoms with E-state index in [-0.39, 0.29) is 9.79 Å². The van der Waals surface area contributed by atoms with Gasteiger partial charge in [-0.15, -0.1) is 0 Å². The molecule has 0 amide bonds. The van der Waals surface area contributed by atoms with Gasteiger partial charge in [0.15, 0.2) is 0 Å². The van der Waals surface area contributed by atoms with Crippen LogP contribution in [0.15, 0.2) is 58.3 Å². The van der Waals surface area contributed by atoms with Crippen LogP contribution in [-0.4, -0.2) is 28.9 Å². The fourth-order valence-corrected chi connectivity index (χ4v) is 5.76. The highest BCUT2D eigenvalue weighted by Gasteiger charge is 2.28. The Bertz CT molecular complexity index is 1020. The van der Waals surface area contributed by atoms with Crippen LogP contribution in [0.25, 0.3) is 0 Å². The minimum Gasteiger partial charge on any atom is -0.207 e. The van der Waals surface area contributed by atoms with E-state index in [4.69, 9.17) is 0 Å². The summed E-state index contributed by atoms with van der Waals surface area (Å²) in [5.74, 6) is 0. The summed E-state index contributed by atoms with van der Waals surface area (Å²) >= 11 is 0. The Labute approximate surface area is 181 Å². The number of benzene rings is 2. The summed E-state index contributed by atoms with van der Waals surface area (Å²) in [5.41, 5.74) is 1.93. The molecule has 2 rings (SSSR count). The monoisotopic (exact) mass is 452 g/mol. The number of rotatable bonds is 11. The highest BCUT2D eigenvalue weighted by Crippen LogP contribution is 2.17. The van der Waals surface area contributed by atoms with Crippen LogP contribution < -0.4 is 9.44 Å². The molecule has 2 aromatic carbocycles. The molecule has 30 heavy (non-hydrogen) atoms. The number of unbranched alkanes of at least 4 members (excludes halogenated alkanes) is 2. The SMILES string of the molecule is CCCCC[C@@H](NS(=O)(=O)c1ccc(C)cc1)C(C)NS(=O)(=O)c1ccc(C)cc1. The third kappa shape index (κ3) is 6.91. The molecule has 0 heterocycles. The van der Waals surface area contributed by atoms with Crippen LogP contribution in [0.2, 0.25) is 0 Å². The van der Waals surface area contributed by atoms with E-state index >= 15 is 0 Å². The fourth-order valence-electron chi connectivity index (χ4n) is 3.12. The lowest BCUT2D eigenvalue weighted by Crippen LogP contribution is -2.50. The van der Waals surface area contributed by atoms with Crippen LogP contribution in [0.5, 0.6) is 0 Å². The third-order valence-corrected chi connectivity index (χ3v) is 8.11. The lowest BCUT2D eigenvalue weighted by molar-refractivity contribution is 0.429. The lowest BCUT2D eigenvalue weighted by Gasteiger charge is -2.26. The molecule has 0 aromatic heterocycles. The number of aryl methyl sites for hydroxylation is 2. The summed E-state index contributed by atoms with van der Waals surface area (Å²) in [6, 6.07) is 12.0. The van der Waals surface area contributed by atoms with E-state index in [1.807, 2.05) is 13.8 Å². The van der Waals surface area contributed by atoms with Gasteiger partial charge in [-0.05, 0) is 51.5 Å². The molecule has 0 bridgehead atoms. The molecular formula is C22H32N2O4S2. The predicted octanol–water partition coefficient (Wildman–Crippen LogP) is 3.90.